The normalized spacial score (nSPS) is 20.5. The van der Waals surface area contributed by atoms with E-state index in [1.54, 1.807) is 37.3 Å². The summed E-state index contributed by atoms with van der Waals surface area (Å²) in [6.45, 7) is 1.18. The van der Waals surface area contributed by atoms with Crippen LogP contribution < -0.4 is 14.8 Å². The Morgan fingerprint density at radius 3 is 2.34 bits per heavy atom. The quantitative estimate of drug-likeness (QED) is 0.743. The number of amides is 2. The zero-order valence-corrected chi connectivity index (χ0v) is 17.5. The van der Waals surface area contributed by atoms with Crippen LogP contribution in [0.5, 0.6) is 11.5 Å². The standard InChI is InChI=1S/C23H32N2O4/c1-28-20-13-17(14-21(15-20)29-2)10-11-22(26)25-12-6-7-18(16-25)23(27)24-19-8-4-3-5-9-19/h10-11,13-15,18-19H,3-9,12,16H2,1-2H3,(H,24,27)/b11-10+. The number of benzene rings is 1. The summed E-state index contributed by atoms with van der Waals surface area (Å²) >= 11 is 0. The van der Waals surface area contributed by atoms with Crippen molar-refractivity contribution >= 4 is 17.9 Å². The molecule has 29 heavy (non-hydrogen) atoms. The molecule has 2 fully saturated rings. The molecular weight excluding hydrogens is 368 g/mol. The first kappa shape index (κ1) is 21.2. The molecule has 6 heteroatoms. The molecule has 0 bridgehead atoms. The van der Waals surface area contributed by atoms with Crippen LogP contribution >= 0.6 is 0 Å². The zero-order valence-electron chi connectivity index (χ0n) is 17.5. The molecule has 1 aromatic rings. The molecule has 3 rings (SSSR count). The van der Waals surface area contributed by atoms with Crippen molar-refractivity contribution < 1.29 is 19.1 Å². The minimum atomic E-state index is -0.111. The Bertz CT molecular complexity index is 718. The van der Waals surface area contributed by atoms with Crippen molar-refractivity contribution in [2.24, 2.45) is 5.92 Å². The lowest BCUT2D eigenvalue weighted by Crippen LogP contribution is -2.47. The molecule has 1 N–H and O–H groups in total. The highest BCUT2D eigenvalue weighted by atomic mass is 16.5. The molecule has 1 saturated carbocycles. The van der Waals surface area contributed by atoms with Crippen molar-refractivity contribution in [3.05, 3.63) is 29.8 Å². The van der Waals surface area contributed by atoms with Crippen molar-refractivity contribution in [2.45, 2.75) is 51.0 Å². The maximum atomic E-state index is 12.7. The number of rotatable bonds is 6. The Kier molecular flexibility index (Phi) is 7.55. The molecule has 2 amide bonds. The van der Waals surface area contributed by atoms with E-state index in [9.17, 15) is 9.59 Å². The predicted octanol–water partition coefficient (Wildman–Crippen LogP) is 3.40. The summed E-state index contributed by atoms with van der Waals surface area (Å²) in [6.07, 6.45) is 10.8. The fraction of sp³-hybridized carbons (Fsp3) is 0.565. The zero-order chi connectivity index (χ0) is 20.6. The minimum absolute atomic E-state index is 0.0676. The second-order valence-corrected chi connectivity index (χ2v) is 7.95. The van der Waals surface area contributed by atoms with Gasteiger partial charge >= 0.3 is 0 Å². The van der Waals surface area contributed by atoms with E-state index in [1.165, 1.54) is 19.3 Å². The fourth-order valence-electron chi connectivity index (χ4n) is 4.16. The number of piperidine rings is 1. The average Bonchev–Trinajstić information content (AvgIpc) is 2.77. The van der Waals surface area contributed by atoms with E-state index < -0.39 is 0 Å². The molecule has 1 aliphatic carbocycles. The van der Waals surface area contributed by atoms with Crippen LogP contribution in [-0.4, -0.2) is 50.1 Å². The lowest BCUT2D eigenvalue weighted by molar-refractivity contribution is -0.132. The van der Waals surface area contributed by atoms with Crippen molar-refractivity contribution in [1.82, 2.24) is 10.2 Å². The van der Waals surface area contributed by atoms with E-state index in [-0.39, 0.29) is 17.7 Å². The first-order valence-electron chi connectivity index (χ1n) is 10.6. The maximum Gasteiger partial charge on any atom is 0.246 e. The summed E-state index contributed by atoms with van der Waals surface area (Å²) in [5.41, 5.74) is 0.832. The van der Waals surface area contributed by atoms with Crippen molar-refractivity contribution in [2.75, 3.05) is 27.3 Å². The highest BCUT2D eigenvalue weighted by Gasteiger charge is 2.29. The van der Waals surface area contributed by atoms with Crippen molar-refractivity contribution in [3.63, 3.8) is 0 Å². The van der Waals surface area contributed by atoms with Gasteiger partial charge in [0.1, 0.15) is 11.5 Å². The number of nitrogens with one attached hydrogen (secondary N) is 1. The maximum absolute atomic E-state index is 12.7. The molecule has 158 valence electrons. The molecule has 1 unspecified atom stereocenters. The lowest BCUT2D eigenvalue weighted by atomic mass is 9.93. The van der Waals surface area contributed by atoms with Crippen LogP contribution in [0.25, 0.3) is 6.08 Å². The Balaban J connectivity index is 1.57. The van der Waals surface area contributed by atoms with E-state index in [1.807, 2.05) is 12.1 Å². The van der Waals surface area contributed by atoms with E-state index in [0.29, 0.717) is 30.6 Å². The van der Waals surface area contributed by atoms with Gasteiger partial charge < -0.3 is 19.7 Å². The monoisotopic (exact) mass is 400 g/mol. The van der Waals surface area contributed by atoms with Gasteiger partial charge in [-0.1, -0.05) is 19.3 Å². The summed E-state index contributed by atoms with van der Waals surface area (Å²) in [7, 11) is 3.19. The summed E-state index contributed by atoms with van der Waals surface area (Å²) in [5.74, 6) is 1.28. The van der Waals surface area contributed by atoms with Gasteiger partial charge in [0.15, 0.2) is 0 Å². The van der Waals surface area contributed by atoms with Crippen molar-refractivity contribution in [1.29, 1.82) is 0 Å². The Labute approximate surface area is 173 Å². The fourth-order valence-corrected chi connectivity index (χ4v) is 4.16. The number of methoxy groups -OCH3 is 2. The van der Waals surface area contributed by atoms with Crippen LogP contribution in [-0.2, 0) is 9.59 Å². The molecule has 1 atom stereocenters. The van der Waals surface area contributed by atoms with Crippen LogP contribution in [0.3, 0.4) is 0 Å². The van der Waals surface area contributed by atoms with Gasteiger partial charge in [-0.3, -0.25) is 9.59 Å². The molecule has 1 aliphatic heterocycles. The highest BCUT2D eigenvalue weighted by Crippen LogP contribution is 2.24. The lowest BCUT2D eigenvalue weighted by Gasteiger charge is -2.33. The van der Waals surface area contributed by atoms with E-state index >= 15 is 0 Å². The first-order valence-corrected chi connectivity index (χ1v) is 10.6. The largest absolute Gasteiger partial charge is 0.497 e. The van der Waals surface area contributed by atoms with Gasteiger partial charge in [0.2, 0.25) is 11.8 Å². The molecule has 1 aromatic carbocycles. The van der Waals surface area contributed by atoms with Crippen LogP contribution in [0.1, 0.15) is 50.5 Å². The molecule has 1 heterocycles. The number of carbonyl (C=O) groups excluding carboxylic acids is 2. The summed E-state index contributed by atoms with van der Waals surface area (Å²) < 4.78 is 10.5. The minimum Gasteiger partial charge on any atom is -0.497 e. The Morgan fingerprint density at radius 1 is 1.00 bits per heavy atom. The second kappa shape index (κ2) is 10.3. The number of nitrogens with zero attached hydrogens (tertiary/aromatic N) is 1. The van der Waals surface area contributed by atoms with Crippen molar-refractivity contribution in [3.8, 4) is 11.5 Å². The number of hydrogen-bond donors (Lipinski definition) is 1. The van der Waals surface area contributed by atoms with Crippen LogP contribution in [0, 0.1) is 5.92 Å². The first-order chi connectivity index (χ1) is 14.1. The smallest absolute Gasteiger partial charge is 0.246 e. The number of likely N-dealkylation sites (tertiary alicyclic amines) is 1. The molecule has 0 aromatic heterocycles. The molecule has 0 radical (unpaired) electrons. The Morgan fingerprint density at radius 2 is 1.69 bits per heavy atom. The van der Waals surface area contributed by atoms with Gasteiger partial charge in [-0.25, -0.2) is 0 Å². The SMILES string of the molecule is COc1cc(/C=C/C(=O)N2CCCC(C(=O)NC3CCCCC3)C2)cc(OC)c1. The third-order valence-corrected chi connectivity index (χ3v) is 5.85. The number of carbonyl (C=O) groups is 2. The average molecular weight is 401 g/mol. The summed E-state index contributed by atoms with van der Waals surface area (Å²) in [5, 5.41) is 3.21. The molecule has 2 aliphatic rings. The predicted molar refractivity (Wildman–Crippen MR) is 113 cm³/mol. The van der Waals surface area contributed by atoms with Gasteiger partial charge in [0, 0.05) is 31.3 Å². The van der Waals surface area contributed by atoms with Gasteiger partial charge in [-0.2, -0.15) is 0 Å². The van der Waals surface area contributed by atoms with Crippen LogP contribution in [0.4, 0.5) is 0 Å². The third-order valence-electron chi connectivity index (χ3n) is 5.85. The molecule has 1 saturated heterocycles. The van der Waals surface area contributed by atoms with E-state index in [2.05, 4.69) is 5.32 Å². The van der Waals surface area contributed by atoms with E-state index in [4.69, 9.17) is 9.47 Å². The topological polar surface area (TPSA) is 67.9 Å². The van der Waals surface area contributed by atoms with Gasteiger partial charge in [0.05, 0.1) is 20.1 Å². The summed E-state index contributed by atoms with van der Waals surface area (Å²) in [6, 6.07) is 5.80. The number of hydrogen-bond acceptors (Lipinski definition) is 4. The van der Waals surface area contributed by atoms with Gasteiger partial charge in [0.25, 0.3) is 0 Å². The van der Waals surface area contributed by atoms with Gasteiger partial charge in [-0.15, -0.1) is 0 Å². The second-order valence-electron chi connectivity index (χ2n) is 7.95. The van der Waals surface area contributed by atoms with Crippen LogP contribution in [0.2, 0.25) is 0 Å². The highest BCUT2D eigenvalue weighted by molar-refractivity contribution is 5.92. The molecular formula is C23H32N2O4. The third kappa shape index (κ3) is 5.99. The van der Waals surface area contributed by atoms with Crippen LogP contribution in [0.15, 0.2) is 24.3 Å². The molecule has 6 nitrogen and oxygen atoms in total. The van der Waals surface area contributed by atoms with E-state index in [0.717, 1.165) is 31.2 Å². The number of ether oxygens (including phenoxy) is 2. The Hall–Kier alpha value is -2.50. The van der Waals surface area contributed by atoms with Gasteiger partial charge in [-0.05, 0) is 49.5 Å². The molecule has 0 spiro atoms. The summed E-state index contributed by atoms with van der Waals surface area (Å²) in [4.78, 5) is 27.1.